The van der Waals surface area contributed by atoms with Crippen LogP contribution in [0.25, 0.3) is 11.0 Å². The summed E-state index contributed by atoms with van der Waals surface area (Å²) < 4.78 is 2.42. The molecule has 130 valence electrons. The zero-order valence-corrected chi connectivity index (χ0v) is 15.3. The van der Waals surface area contributed by atoms with Crippen molar-refractivity contribution < 1.29 is 0 Å². The molecule has 1 saturated heterocycles. The van der Waals surface area contributed by atoms with E-state index in [1.165, 1.54) is 54.8 Å². The van der Waals surface area contributed by atoms with Crippen LogP contribution in [0.4, 0.5) is 0 Å². The van der Waals surface area contributed by atoms with Crippen LogP contribution in [-0.4, -0.2) is 27.5 Å². The normalized spacial score (nSPS) is 17.0. The number of fused-ring (bicyclic) bond motifs is 1. The molecular weight excluding hydrogens is 306 g/mol. The van der Waals surface area contributed by atoms with Gasteiger partial charge in [-0.1, -0.05) is 48.4 Å². The fourth-order valence-electron chi connectivity index (χ4n) is 3.92. The average molecular weight is 333 g/mol. The summed E-state index contributed by atoms with van der Waals surface area (Å²) in [6.07, 6.45) is 3.98. The van der Waals surface area contributed by atoms with Crippen molar-refractivity contribution in [3.05, 3.63) is 65.5 Å². The molecule has 3 aromatic rings. The summed E-state index contributed by atoms with van der Waals surface area (Å²) >= 11 is 0. The van der Waals surface area contributed by atoms with Crippen LogP contribution in [0.2, 0.25) is 0 Å². The fourth-order valence-corrected chi connectivity index (χ4v) is 3.92. The van der Waals surface area contributed by atoms with E-state index in [1.54, 1.807) is 0 Å². The predicted octanol–water partition coefficient (Wildman–Crippen LogP) is 4.94. The van der Waals surface area contributed by atoms with Gasteiger partial charge in [-0.05, 0) is 57.5 Å². The van der Waals surface area contributed by atoms with E-state index in [-0.39, 0.29) is 0 Å². The molecule has 3 heteroatoms. The van der Waals surface area contributed by atoms with Crippen molar-refractivity contribution in [3.8, 4) is 0 Å². The Balaban J connectivity index is 1.73. The van der Waals surface area contributed by atoms with Crippen LogP contribution >= 0.6 is 0 Å². The molecule has 1 unspecified atom stereocenters. The van der Waals surface area contributed by atoms with Gasteiger partial charge in [-0.15, -0.1) is 0 Å². The van der Waals surface area contributed by atoms with Crippen LogP contribution in [0.1, 0.15) is 49.2 Å². The summed E-state index contributed by atoms with van der Waals surface area (Å²) in [4.78, 5) is 7.62. The minimum atomic E-state index is 0.359. The number of aromatic nitrogens is 2. The zero-order chi connectivity index (χ0) is 17.2. The summed E-state index contributed by atoms with van der Waals surface area (Å²) in [6.45, 7) is 7.72. The van der Waals surface area contributed by atoms with Gasteiger partial charge < -0.3 is 4.57 Å². The standard InChI is InChI=1S/C22H27N3/c1-17-10-12-19(13-11-17)16-25-21-9-5-4-8-20(21)23-22(25)18(2)24-14-6-3-7-15-24/h4-5,8-13,18H,3,6-7,14-16H2,1-2H3. The number of benzene rings is 2. The first-order valence-corrected chi connectivity index (χ1v) is 9.47. The highest BCUT2D eigenvalue weighted by Crippen LogP contribution is 2.28. The van der Waals surface area contributed by atoms with E-state index in [0.29, 0.717) is 6.04 Å². The fraction of sp³-hybridized carbons (Fsp3) is 0.409. The molecule has 1 aliphatic heterocycles. The Labute approximate surface area is 150 Å². The molecule has 0 spiro atoms. The van der Waals surface area contributed by atoms with Crippen molar-refractivity contribution in [3.63, 3.8) is 0 Å². The first kappa shape index (κ1) is 16.3. The number of nitrogens with zero attached hydrogens (tertiary/aromatic N) is 3. The number of piperidine rings is 1. The maximum atomic E-state index is 5.02. The summed E-state index contributed by atoms with van der Waals surface area (Å²) in [7, 11) is 0. The molecule has 4 rings (SSSR count). The minimum Gasteiger partial charge on any atom is -0.322 e. The molecule has 0 radical (unpaired) electrons. The second-order valence-electron chi connectivity index (χ2n) is 7.30. The molecule has 2 heterocycles. The maximum absolute atomic E-state index is 5.02. The number of aryl methyl sites for hydroxylation is 1. The third-order valence-corrected chi connectivity index (χ3v) is 5.46. The van der Waals surface area contributed by atoms with Crippen LogP contribution in [0.5, 0.6) is 0 Å². The summed E-state index contributed by atoms with van der Waals surface area (Å²) in [6, 6.07) is 17.8. The molecule has 3 nitrogen and oxygen atoms in total. The molecule has 2 aromatic carbocycles. The van der Waals surface area contributed by atoms with Crippen molar-refractivity contribution >= 4 is 11.0 Å². The molecular formula is C22H27N3. The average Bonchev–Trinajstić information content (AvgIpc) is 3.02. The molecule has 1 aromatic heterocycles. The smallest absolute Gasteiger partial charge is 0.127 e. The van der Waals surface area contributed by atoms with E-state index in [4.69, 9.17) is 4.98 Å². The maximum Gasteiger partial charge on any atom is 0.127 e. The number of imidazole rings is 1. The van der Waals surface area contributed by atoms with Gasteiger partial charge in [0.2, 0.25) is 0 Å². The lowest BCUT2D eigenvalue weighted by molar-refractivity contribution is 0.166. The van der Waals surface area contributed by atoms with Gasteiger partial charge in [0, 0.05) is 6.54 Å². The van der Waals surface area contributed by atoms with Crippen molar-refractivity contribution in [1.29, 1.82) is 0 Å². The minimum absolute atomic E-state index is 0.359. The third-order valence-electron chi connectivity index (χ3n) is 5.46. The van der Waals surface area contributed by atoms with Gasteiger partial charge in [0.1, 0.15) is 5.82 Å². The van der Waals surface area contributed by atoms with Gasteiger partial charge in [-0.3, -0.25) is 4.90 Å². The quantitative estimate of drug-likeness (QED) is 0.674. The highest BCUT2D eigenvalue weighted by atomic mass is 15.2. The van der Waals surface area contributed by atoms with E-state index < -0.39 is 0 Å². The molecule has 0 bridgehead atoms. The summed E-state index contributed by atoms with van der Waals surface area (Å²) in [5.41, 5.74) is 4.98. The summed E-state index contributed by atoms with van der Waals surface area (Å²) in [5, 5.41) is 0. The van der Waals surface area contributed by atoms with E-state index in [1.807, 2.05) is 0 Å². The van der Waals surface area contributed by atoms with Crippen molar-refractivity contribution in [2.24, 2.45) is 0 Å². The van der Waals surface area contributed by atoms with Crippen LogP contribution in [-0.2, 0) is 6.54 Å². The lowest BCUT2D eigenvalue weighted by Crippen LogP contribution is -2.33. The Hall–Kier alpha value is -2.13. The Bertz CT molecular complexity index is 841. The molecule has 1 fully saturated rings. The lowest BCUT2D eigenvalue weighted by Gasteiger charge is -2.32. The number of likely N-dealkylation sites (tertiary alicyclic amines) is 1. The SMILES string of the molecule is Cc1ccc(Cn2c(C(C)N3CCCCC3)nc3ccccc32)cc1. The zero-order valence-electron chi connectivity index (χ0n) is 15.3. The number of hydrogen-bond acceptors (Lipinski definition) is 2. The van der Waals surface area contributed by atoms with Gasteiger partial charge in [-0.2, -0.15) is 0 Å². The van der Waals surface area contributed by atoms with E-state index >= 15 is 0 Å². The van der Waals surface area contributed by atoms with Gasteiger partial charge in [0.05, 0.1) is 17.1 Å². The first-order chi connectivity index (χ1) is 12.2. The second-order valence-corrected chi connectivity index (χ2v) is 7.30. The van der Waals surface area contributed by atoms with Crippen molar-refractivity contribution in [2.75, 3.05) is 13.1 Å². The van der Waals surface area contributed by atoms with Gasteiger partial charge in [0.15, 0.2) is 0 Å². The Kier molecular flexibility index (Phi) is 4.58. The van der Waals surface area contributed by atoms with Crippen LogP contribution in [0.3, 0.4) is 0 Å². The van der Waals surface area contributed by atoms with E-state index in [0.717, 1.165) is 12.1 Å². The van der Waals surface area contributed by atoms with Crippen LogP contribution in [0.15, 0.2) is 48.5 Å². The number of hydrogen-bond donors (Lipinski definition) is 0. The molecule has 25 heavy (non-hydrogen) atoms. The van der Waals surface area contributed by atoms with E-state index in [2.05, 4.69) is 71.8 Å². The van der Waals surface area contributed by atoms with Crippen LogP contribution < -0.4 is 0 Å². The van der Waals surface area contributed by atoms with Gasteiger partial charge in [-0.25, -0.2) is 4.98 Å². The highest BCUT2D eigenvalue weighted by Gasteiger charge is 2.23. The van der Waals surface area contributed by atoms with Crippen molar-refractivity contribution in [2.45, 2.75) is 45.7 Å². The molecule has 0 N–H and O–H groups in total. The Morgan fingerprint density at radius 2 is 1.68 bits per heavy atom. The van der Waals surface area contributed by atoms with Crippen LogP contribution in [0, 0.1) is 6.92 Å². The monoisotopic (exact) mass is 333 g/mol. The molecule has 0 saturated carbocycles. The first-order valence-electron chi connectivity index (χ1n) is 9.47. The third kappa shape index (κ3) is 3.34. The topological polar surface area (TPSA) is 21.1 Å². The number of rotatable bonds is 4. The molecule has 1 aliphatic rings. The Morgan fingerprint density at radius 1 is 0.960 bits per heavy atom. The largest absolute Gasteiger partial charge is 0.322 e. The molecule has 0 amide bonds. The van der Waals surface area contributed by atoms with Crippen molar-refractivity contribution in [1.82, 2.24) is 14.5 Å². The number of para-hydroxylation sites is 2. The van der Waals surface area contributed by atoms with Gasteiger partial charge >= 0.3 is 0 Å². The Morgan fingerprint density at radius 3 is 2.44 bits per heavy atom. The predicted molar refractivity (Wildman–Crippen MR) is 104 cm³/mol. The second kappa shape index (κ2) is 7.01. The lowest BCUT2D eigenvalue weighted by atomic mass is 10.1. The van der Waals surface area contributed by atoms with E-state index in [9.17, 15) is 0 Å². The highest BCUT2D eigenvalue weighted by molar-refractivity contribution is 5.76. The van der Waals surface area contributed by atoms with Gasteiger partial charge in [0.25, 0.3) is 0 Å². The summed E-state index contributed by atoms with van der Waals surface area (Å²) in [5.74, 6) is 1.20. The molecule has 0 aliphatic carbocycles. The molecule has 1 atom stereocenters.